The molecular formula is C19H21NO3. The number of aryl methyl sites for hydroxylation is 2. The number of carboxylic acid groups (broad SMARTS) is 1. The number of nitrogens with one attached hydrogen (secondary N) is 1. The Bertz CT molecular complexity index is 667. The topological polar surface area (TPSA) is 66.4 Å². The zero-order chi connectivity index (χ0) is 16.7. The number of amides is 1. The summed E-state index contributed by atoms with van der Waals surface area (Å²) in [5.41, 5.74) is 3.02. The molecule has 0 saturated heterocycles. The molecule has 0 saturated carbocycles. The zero-order valence-electron chi connectivity index (χ0n) is 13.2. The molecule has 0 spiro atoms. The maximum atomic E-state index is 12.0. The van der Waals surface area contributed by atoms with Crippen molar-refractivity contribution in [2.75, 3.05) is 0 Å². The summed E-state index contributed by atoms with van der Waals surface area (Å²) in [6, 6.07) is 16.4. The molecular weight excluding hydrogens is 290 g/mol. The lowest BCUT2D eigenvalue weighted by Gasteiger charge is -2.16. The van der Waals surface area contributed by atoms with Crippen molar-refractivity contribution < 1.29 is 14.7 Å². The van der Waals surface area contributed by atoms with Crippen molar-refractivity contribution in [3.8, 4) is 0 Å². The van der Waals surface area contributed by atoms with Crippen LogP contribution in [0.4, 0.5) is 0 Å². The van der Waals surface area contributed by atoms with E-state index in [-0.39, 0.29) is 12.3 Å². The van der Waals surface area contributed by atoms with Gasteiger partial charge in [0, 0.05) is 12.8 Å². The van der Waals surface area contributed by atoms with Crippen LogP contribution in [-0.4, -0.2) is 23.0 Å². The second-order valence-electron chi connectivity index (χ2n) is 5.57. The quantitative estimate of drug-likeness (QED) is 0.826. The van der Waals surface area contributed by atoms with Crippen LogP contribution in [0.3, 0.4) is 0 Å². The Morgan fingerprint density at radius 2 is 1.70 bits per heavy atom. The SMILES string of the molecule is Cc1ccccc1C[C@@H](NC(=O)CCc1ccccc1)C(=O)O. The van der Waals surface area contributed by atoms with Gasteiger partial charge in [-0.2, -0.15) is 0 Å². The lowest BCUT2D eigenvalue weighted by Crippen LogP contribution is -2.42. The van der Waals surface area contributed by atoms with Crippen LogP contribution in [0, 0.1) is 6.92 Å². The molecule has 0 aromatic heterocycles. The minimum Gasteiger partial charge on any atom is -0.480 e. The predicted molar refractivity (Wildman–Crippen MR) is 89.2 cm³/mol. The van der Waals surface area contributed by atoms with Crippen LogP contribution in [0.1, 0.15) is 23.1 Å². The van der Waals surface area contributed by atoms with Gasteiger partial charge in [0.1, 0.15) is 6.04 Å². The number of aliphatic carboxylic acids is 1. The van der Waals surface area contributed by atoms with Crippen LogP contribution >= 0.6 is 0 Å². The van der Waals surface area contributed by atoms with Gasteiger partial charge in [-0.15, -0.1) is 0 Å². The van der Waals surface area contributed by atoms with Crippen LogP contribution in [-0.2, 0) is 22.4 Å². The molecule has 0 fully saturated rings. The summed E-state index contributed by atoms with van der Waals surface area (Å²) in [5, 5.41) is 12.0. The second kappa shape index (κ2) is 8.13. The number of carbonyl (C=O) groups excluding carboxylic acids is 1. The van der Waals surface area contributed by atoms with Gasteiger partial charge in [-0.1, -0.05) is 54.6 Å². The summed E-state index contributed by atoms with van der Waals surface area (Å²) >= 11 is 0. The van der Waals surface area contributed by atoms with Gasteiger partial charge in [0.2, 0.25) is 5.91 Å². The lowest BCUT2D eigenvalue weighted by molar-refractivity contribution is -0.141. The highest BCUT2D eigenvalue weighted by atomic mass is 16.4. The second-order valence-corrected chi connectivity index (χ2v) is 5.57. The molecule has 1 amide bonds. The third-order valence-corrected chi connectivity index (χ3v) is 3.80. The van der Waals surface area contributed by atoms with Crippen LogP contribution in [0.15, 0.2) is 54.6 Å². The summed E-state index contributed by atoms with van der Waals surface area (Å²) < 4.78 is 0. The molecule has 0 bridgehead atoms. The molecule has 2 aromatic carbocycles. The molecule has 2 N–H and O–H groups in total. The number of hydrogen-bond donors (Lipinski definition) is 2. The molecule has 120 valence electrons. The highest BCUT2D eigenvalue weighted by molar-refractivity contribution is 5.83. The Morgan fingerprint density at radius 1 is 1.04 bits per heavy atom. The number of benzene rings is 2. The normalized spacial score (nSPS) is 11.7. The molecule has 0 unspecified atom stereocenters. The van der Waals surface area contributed by atoms with Crippen molar-refractivity contribution in [1.82, 2.24) is 5.32 Å². The minimum absolute atomic E-state index is 0.241. The summed E-state index contributed by atoms with van der Waals surface area (Å²) in [6.07, 6.45) is 1.17. The van der Waals surface area contributed by atoms with E-state index in [0.29, 0.717) is 12.8 Å². The molecule has 0 aliphatic carbocycles. The maximum Gasteiger partial charge on any atom is 0.326 e. The summed E-state index contributed by atoms with van der Waals surface area (Å²) in [5.74, 6) is -1.25. The van der Waals surface area contributed by atoms with Gasteiger partial charge >= 0.3 is 5.97 Å². The van der Waals surface area contributed by atoms with Crippen LogP contribution < -0.4 is 5.32 Å². The van der Waals surface area contributed by atoms with Gasteiger partial charge in [-0.25, -0.2) is 4.79 Å². The van der Waals surface area contributed by atoms with Gasteiger partial charge in [0.05, 0.1) is 0 Å². The van der Waals surface area contributed by atoms with Crippen LogP contribution in [0.2, 0.25) is 0 Å². The molecule has 0 radical (unpaired) electrons. The van der Waals surface area contributed by atoms with Gasteiger partial charge in [-0.3, -0.25) is 4.79 Å². The Morgan fingerprint density at radius 3 is 2.35 bits per heavy atom. The number of carboxylic acids is 1. The fourth-order valence-corrected chi connectivity index (χ4v) is 2.43. The smallest absolute Gasteiger partial charge is 0.326 e. The number of hydrogen-bond acceptors (Lipinski definition) is 2. The van der Waals surface area contributed by atoms with E-state index in [2.05, 4.69) is 5.32 Å². The fraction of sp³-hybridized carbons (Fsp3) is 0.263. The minimum atomic E-state index is -1.01. The Kier molecular flexibility index (Phi) is 5.92. The standard InChI is InChI=1S/C19H21NO3/c1-14-7-5-6-10-16(14)13-17(19(22)23)20-18(21)12-11-15-8-3-2-4-9-15/h2-10,17H,11-13H2,1H3,(H,20,21)(H,22,23)/t17-/m1/s1. The van der Waals surface area contributed by atoms with Crippen molar-refractivity contribution in [2.24, 2.45) is 0 Å². The molecule has 2 aromatic rings. The Hall–Kier alpha value is -2.62. The third kappa shape index (κ3) is 5.25. The molecule has 4 heteroatoms. The van der Waals surface area contributed by atoms with E-state index in [1.807, 2.05) is 61.5 Å². The monoisotopic (exact) mass is 311 g/mol. The average molecular weight is 311 g/mol. The highest BCUT2D eigenvalue weighted by Gasteiger charge is 2.20. The van der Waals surface area contributed by atoms with Gasteiger partial charge in [-0.05, 0) is 30.0 Å². The summed E-state index contributed by atoms with van der Waals surface area (Å²) in [4.78, 5) is 23.4. The van der Waals surface area contributed by atoms with Crippen LogP contribution in [0.5, 0.6) is 0 Å². The molecule has 0 aliphatic heterocycles. The van der Waals surface area contributed by atoms with Crippen molar-refractivity contribution >= 4 is 11.9 Å². The summed E-state index contributed by atoms with van der Waals surface area (Å²) in [7, 11) is 0. The zero-order valence-corrected chi connectivity index (χ0v) is 13.2. The van der Waals surface area contributed by atoms with E-state index in [4.69, 9.17) is 0 Å². The summed E-state index contributed by atoms with van der Waals surface area (Å²) in [6.45, 7) is 1.94. The molecule has 0 aliphatic rings. The Labute approximate surface area is 136 Å². The maximum absolute atomic E-state index is 12.0. The van der Waals surface area contributed by atoms with Crippen molar-refractivity contribution in [1.29, 1.82) is 0 Å². The fourth-order valence-electron chi connectivity index (χ4n) is 2.43. The van der Waals surface area contributed by atoms with Gasteiger partial charge < -0.3 is 10.4 Å². The van der Waals surface area contributed by atoms with E-state index >= 15 is 0 Å². The number of carbonyl (C=O) groups is 2. The first-order valence-electron chi connectivity index (χ1n) is 7.67. The van der Waals surface area contributed by atoms with Crippen molar-refractivity contribution in [3.63, 3.8) is 0 Å². The molecule has 2 rings (SSSR count). The first kappa shape index (κ1) is 16.7. The van der Waals surface area contributed by atoms with Gasteiger partial charge in [0.25, 0.3) is 0 Å². The molecule has 1 atom stereocenters. The Balaban J connectivity index is 1.92. The van der Waals surface area contributed by atoms with E-state index in [0.717, 1.165) is 16.7 Å². The van der Waals surface area contributed by atoms with Gasteiger partial charge in [0.15, 0.2) is 0 Å². The van der Waals surface area contributed by atoms with E-state index in [1.54, 1.807) is 0 Å². The molecule has 23 heavy (non-hydrogen) atoms. The predicted octanol–water partition coefficient (Wildman–Crippen LogP) is 2.74. The van der Waals surface area contributed by atoms with E-state index < -0.39 is 12.0 Å². The van der Waals surface area contributed by atoms with Crippen molar-refractivity contribution in [2.45, 2.75) is 32.2 Å². The largest absolute Gasteiger partial charge is 0.480 e. The average Bonchev–Trinajstić information content (AvgIpc) is 2.55. The van der Waals surface area contributed by atoms with E-state index in [9.17, 15) is 14.7 Å². The van der Waals surface area contributed by atoms with E-state index in [1.165, 1.54) is 0 Å². The lowest BCUT2D eigenvalue weighted by atomic mass is 10.0. The molecule has 0 heterocycles. The highest BCUT2D eigenvalue weighted by Crippen LogP contribution is 2.10. The van der Waals surface area contributed by atoms with Crippen molar-refractivity contribution in [3.05, 3.63) is 71.3 Å². The third-order valence-electron chi connectivity index (χ3n) is 3.80. The first-order valence-corrected chi connectivity index (χ1v) is 7.67. The van der Waals surface area contributed by atoms with Crippen LogP contribution in [0.25, 0.3) is 0 Å². The molecule has 4 nitrogen and oxygen atoms in total. The number of rotatable bonds is 7. The first-order chi connectivity index (χ1) is 11.1.